The Balaban J connectivity index is 2.38. The Morgan fingerprint density at radius 3 is 2.55 bits per heavy atom. The number of hydrogen-bond acceptors (Lipinski definition) is 3. The smallest absolute Gasteiger partial charge is 0.317 e. The standard InChI is InChI=1S/C13H23FN2O3S/c1-11(6-10-20(2,18)19)15-13(17)16-8-4-12(3-7-14)5-9-16/h6,10-12H,3-5,7-9H2,1-2H3,(H,15,17)/b10-6+/t11-/m0/s1. The molecule has 2 amide bonds. The Bertz CT molecular complexity index is 443. The van der Waals surface area contributed by atoms with E-state index in [0.717, 1.165) is 24.5 Å². The molecule has 0 spiro atoms. The summed E-state index contributed by atoms with van der Waals surface area (Å²) in [5.74, 6) is 0.367. The highest BCUT2D eigenvalue weighted by Gasteiger charge is 2.22. The molecule has 0 bridgehead atoms. The third-order valence-electron chi connectivity index (χ3n) is 3.38. The second-order valence-electron chi connectivity index (χ2n) is 5.30. The molecule has 7 heteroatoms. The number of hydrogen-bond donors (Lipinski definition) is 1. The number of urea groups is 1. The number of carbonyl (C=O) groups excluding carboxylic acids is 1. The maximum absolute atomic E-state index is 12.2. The number of rotatable bonds is 5. The van der Waals surface area contributed by atoms with Crippen LogP contribution in [-0.2, 0) is 9.84 Å². The van der Waals surface area contributed by atoms with Crippen LogP contribution in [0.15, 0.2) is 11.5 Å². The average Bonchev–Trinajstić information content (AvgIpc) is 2.37. The van der Waals surface area contributed by atoms with Gasteiger partial charge in [-0.2, -0.15) is 0 Å². The van der Waals surface area contributed by atoms with Crippen molar-refractivity contribution in [3.8, 4) is 0 Å². The Morgan fingerprint density at radius 2 is 2.05 bits per heavy atom. The van der Waals surface area contributed by atoms with Gasteiger partial charge in [0.05, 0.1) is 6.67 Å². The molecule has 1 aliphatic rings. The van der Waals surface area contributed by atoms with Crippen LogP contribution in [0.1, 0.15) is 26.2 Å². The highest BCUT2D eigenvalue weighted by molar-refractivity contribution is 7.93. The van der Waals surface area contributed by atoms with Crippen LogP contribution in [0.25, 0.3) is 0 Å². The van der Waals surface area contributed by atoms with Crippen LogP contribution < -0.4 is 5.32 Å². The van der Waals surface area contributed by atoms with Gasteiger partial charge in [0.1, 0.15) is 0 Å². The van der Waals surface area contributed by atoms with Crippen LogP contribution in [-0.4, -0.2) is 51.4 Å². The molecule has 116 valence electrons. The molecule has 0 aliphatic carbocycles. The highest BCUT2D eigenvalue weighted by Crippen LogP contribution is 2.20. The van der Waals surface area contributed by atoms with E-state index in [2.05, 4.69) is 5.32 Å². The highest BCUT2D eigenvalue weighted by atomic mass is 32.2. The van der Waals surface area contributed by atoms with Gasteiger partial charge in [0.25, 0.3) is 0 Å². The minimum Gasteiger partial charge on any atom is -0.332 e. The Labute approximate surface area is 120 Å². The van der Waals surface area contributed by atoms with Gasteiger partial charge in [-0.1, -0.05) is 6.08 Å². The van der Waals surface area contributed by atoms with Gasteiger partial charge in [-0.25, -0.2) is 13.2 Å². The third kappa shape index (κ3) is 6.36. The molecule has 0 aromatic carbocycles. The number of halogens is 1. The zero-order valence-corrected chi connectivity index (χ0v) is 12.8. The summed E-state index contributed by atoms with van der Waals surface area (Å²) in [5, 5.41) is 3.82. The molecule has 0 saturated carbocycles. The van der Waals surface area contributed by atoms with Crippen LogP contribution in [0, 0.1) is 5.92 Å². The second kappa shape index (κ2) is 7.61. The molecular formula is C13H23FN2O3S. The average molecular weight is 306 g/mol. The lowest BCUT2D eigenvalue weighted by atomic mass is 9.94. The Kier molecular flexibility index (Phi) is 6.45. The number of alkyl halides is 1. The molecule has 1 atom stereocenters. The summed E-state index contributed by atoms with van der Waals surface area (Å²) in [7, 11) is -3.17. The second-order valence-corrected chi connectivity index (χ2v) is 7.24. The monoisotopic (exact) mass is 306 g/mol. The van der Waals surface area contributed by atoms with Crippen LogP contribution in [0.2, 0.25) is 0 Å². The predicted molar refractivity (Wildman–Crippen MR) is 76.9 cm³/mol. The number of nitrogens with zero attached hydrogens (tertiary/aromatic N) is 1. The van der Waals surface area contributed by atoms with E-state index in [4.69, 9.17) is 0 Å². The lowest BCUT2D eigenvalue weighted by Gasteiger charge is -2.32. The Hall–Kier alpha value is -1.11. The molecule has 1 N–H and O–H groups in total. The molecule has 5 nitrogen and oxygen atoms in total. The molecular weight excluding hydrogens is 283 g/mol. The van der Waals surface area contributed by atoms with Crippen molar-refractivity contribution < 1.29 is 17.6 Å². The van der Waals surface area contributed by atoms with Crippen molar-refractivity contribution in [2.75, 3.05) is 26.0 Å². The first kappa shape index (κ1) is 16.9. The fraction of sp³-hybridized carbons (Fsp3) is 0.769. The largest absolute Gasteiger partial charge is 0.332 e. The van der Waals surface area contributed by atoms with Crippen molar-refractivity contribution >= 4 is 15.9 Å². The molecule has 1 saturated heterocycles. The van der Waals surface area contributed by atoms with Crippen LogP contribution >= 0.6 is 0 Å². The first-order valence-electron chi connectivity index (χ1n) is 6.81. The molecule has 1 aliphatic heterocycles. The summed E-state index contributed by atoms with van der Waals surface area (Å²) in [5.41, 5.74) is 0. The van der Waals surface area contributed by atoms with Gasteiger partial charge in [0.2, 0.25) is 0 Å². The van der Waals surface area contributed by atoms with Gasteiger partial charge < -0.3 is 10.2 Å². The lowest BCUT2D eigenvalue weighted by molar-refractivity contribution is 0.164. The maximum Gasteiger partial charge on any atom is 0.317 e. The third-order valence-corrected chi connectivity index (χ3v) is 4.04. The molecule has 1 fully saturated rings. The minimum atomic E-state index is -3.17. The van der Waals surface area contributed by atoms with Gasteiger partial charge in [-0.05, 0) is 32.1 Å². The number of piperidine rings is 1. The summed E-state index contributed by atoms with van der Waals surface area (Å²) in [6, 6.07) is -0.546. The molecule has 0 radical (unpaired) electrons. The van der Waals surface area contributed by atoms with Gasteiger partial charge in [-0.15, -0.1) is 0 Å². The zero-order valence-electron chi connectivity index (χ0n) is 12.0. The van der Waals surface area contributed by atoms with E-state index >= 15 is 0 Å². The van der Waals surface area contributed by atoms with E-state index in [1.165, 1.54) is 6.08 Å². The summed E-state index contributed by atoms with van der Waals surface area (Å²) in [4.78, 5) is 13.6. The molecule has 0 aromatic rings. The van der Waals surface area contributed by atoms with Gasteiger partial charge >= 0.3 is 6.03 Å². The first-order chi connectivity index (χ1) is 9.31. The van der Waals surface area contributed by atoms with Crippen molar-refractivity contribution in [3.63, 3.8) is 0 Å². The van der Waals surface area contributed by atoms with Crippen LogP contribution in [0.3, 0.4) is 0 Å². The number of sulfone groups is 1. The van der Waals surface area contributed by atoms with Gasteiger partial charge in [0, 0.05) is 30.8 Å². The fourth-order valence-electron chi connectivity index (χ4n) is 2.17. The number of likely N-dealkylation sites (tertiary alicyclic amines) is 1. The molecule has 1 heterocycles. The lowest BCUT2D eigenvalue weighted by Crippen LogP contribution is -2.46. The van der Waals surface area contributed by atoms with Crippen molar-refractivity contribution in [2.24, 2.45) is 5.92 Å². The summed E-state index contributed by atoms with van der Waals surface area (Å²) >= 11 is 0. The molecule has 0 unspecified atom stereocenters. The number of carbonyl (C=O) groups is 1. The summed E-state index contributed by atoms with van der Waals surface area (Å²) in [6.07, 6.45) is 4.77. The van der Waals surface area contributed by atoms with Gasteiger partial charge in [0.15, 0.2) is 9.84 Å². The molecule has 0 aromatic heterocycles. The van der Waals surface area contributed by atoms with E-state index < -0.39 is 9.84 Å². The van der Waals surface area contributed by atoms with Crippen LogP contribution in [0.4, 0.5) is 9.18 Å². The normalized spacial score (nSPS) is 19.2. The SMILES string of the molecule is C[C@@H](/C=C/S(C)(=O)=O)NC(=O)N1CCC(CCF)CC1. The minimum absolute atomic E-state index is 0.200. The molecule has 1 rings (SSSR count). The zero-order chi connectivity index (χ0) is 15.2. The van der Waals surface area contributed by atoms with Crippen molar-refractivity contribution in [3.05, 3.63) is 11.5 Å². The van der Waals surface area contributed by atoms with E-state index in [9.17, 15) is 17.6 Å². The topological polar surface area (TPSA) is 66.5 Å². The first-order valence-corrected chi connectivity index (χ1v) is 8.77. The van der Waals surface area contributed by atoms with Crippen LogP contribution in [0.5, 0.6) is 0 Å². The molecule has 20 heavy (non-hydrogen) atoms. The van der Waals surface area contributed by atoms with E-state index in [-0.39, 0.29) is 18.7 Å². The van der Waals surface area contributed by atoms with E-state index in [1.54, 1.807) is 11.8 Å². The van der Waals surface area contributed by atoms with Crippen molar-refractivity contribution in [1.82, 2.24) is 10.2 Å². The van der Waals surface area contributed by atoms with E-state index in [1.807, 2.05) is 0 Å². The van der Waals surface area contributed by atoms with Gasteiger partial charge in [-0.3, -0.25) is 4.39 Å². The Morgan fingerprint density at radius 1 is 1.45 bits per heavy atom. The quantitative estimate of drug-likeness (QED) is 0.841. The number of nitrogens with one attached hydrogen (secondary N) is 1. The predicted octanol–water partition coefficient (Wildman–Crippen LogP) is 1.71. The number of amides is 2. The summed E-state index contributed by atoms with van der Waals surface area (Å²) in [6.45, 7) is 2.66. The van der Waals surface area contributed by atoms with E-state index in [0.29, 0.717) is 25.4 Å². The fourth-order valence-corrected chi connectivity index (χ4v) is 2.69. The van der Waals surface area contributed by atoms with Crippen molar-refractivity contribution in [2.45, 2.75) is 32.2 Å². The van der Waals surface area contributed by atoms with Crippen molar-refractivity contribution in [1.29, 1.82) is 0 Å². The maximum atomic E-state index is 12.2. The summed E-state index contributed by atoms with van der Waals surface area (Å²) < 4.78 is 34.2.